The molecule has 1 aliphatic rings. The molecule has 1 aromatic heterocycles. The first-order chi connectivity index (χ1) is 9.54. The molecule has 108 valence electrons. The predicted molar refractivity (Wildman–Crippen MR) is 72.6 cm³/mol. The monoisotopic (exact) mass is 279 g/mol. The molecule has 7 heteroatoms. The van der Waals surface area contributed by atoms with Gasteiger partial charge in [0.15, 0.2) is 0 Å². The van der Waals surface area contributed by atoms with Gasteiger partial charge in [0.1, 0.15) is 6.04 Å². The van der Waals surface area contributed by atoms with Gasteiger partial charge in [-0.2, -0.15) is 0 Å². The normalized spacial score (nSPS) is 18.7. The van der Waals surface area contributed by atoms with Crippen molar-refractivity contribution in [2.24, 2.45) is 0 Å². The van der Waals surface area contributed by atoms with Crippen molar-refractivity contribution in [3.63, 3.8) is 0 Å². The van der Waals surface area contributed by atoms with E-state index in [4.69, 9.17) is 4.74 Å². The van der Waals surface area contributed by atoms with E-state index in [1.54, 1.807) is 17.9 Å². The molecule has 0 N–H and O–H groups in total. The van der Waals surface area contributed by atoms with E-state index in [-0.39, 0.29) is 17.5 Å². The second-order valence-corrected chi connectivity index (χ2v) is 4.78. The second-order valence-electron chi connectivity index (χ2n) is 4.78. The maximum Gasteiger partial charge on any atom is 0.328 e. The molecular weight excluding hydrogens is 262 g/mol. The zero-order valence-corrected chi connectivity index (χ0v) is 11.5. The molecule has 0 aromatic carbocycles. The third-order valence-electron chi connectivity index (χ3n) is 3.44. The van der Waals surface area contributed by atoms with Gasteiger partial charge in [0.2, 0.25) is 5.82 Å². The standard InChI is InChI=1S/C13H17N3O4/c1-9-6-7-10(16(18)19)12(14-9)15-8-4-3-5-11(15)13(17)20-2/h6-7,11H,3-5,8H2,1-2H3. The van der Waals surface area contributed by atoms with Crippen LogP contribution in [-0.4, -0.2) is 35.6 Å². The van der Waals surface area contributed by atoms with E-state index in [2.05, 4.69) is 4.98 Å². The summed E-state index contributed by atoms with van der Waals surface area (Å²) in [6, 6.07) is 2.53. The zero-order chi connectivity index (χ0) is 14.7. The quantitative estimate of drug-likeness (QED) is 0.476. The van der Waals surface area contributed by atoms with Gasteiger partial charge in [0.05, 0.1) is 12.0 Å². The number of aromatic nitrogens is 1. The Bertz CT molecular complexity index is 532. The molecule has 1 aromatic rings. The van der Waals surface area contributed by atoms with Crippen LogP contribution < -0.4 is 4.90 Å². The minimum Gasteiger partial charge on any atom is -0.467 e. The van der Waals surface area contributed by atoms with Crippen molar-refractivity contribution in [2.45, 2.75) is 32.2 Å². The lowest BCUT2D eigenvalue weighted by Crippen LogP contribution is -2.46. The van der Waals surface area contributed by atoms with E-state index in [0.717, 1.165) is 12.8 Å². The second kappa shape index (κ2) is 5.85. The number of anilines is 1. The van der Waals surface area contributed by atoms with E-state index in [1.807, 2.05) is 0 Å². The number of carbonyl (C=O) groups is 1. The summed E-state index contributed by atoms with van der Waals surface area (Å²) in [5.41, 5.74) is 0.603. The van der Waals surface area contributed by atoms with Crippen LogP contribution in [0.25, 0.3) is 0 Å². The average Bonchev–Trinajstić information content (AvgIpc) is 2.46. The number of nitro groups is 1. The molecular formula is C13H17N3O4. The van der Waals surface area contributed by atoms with Crippen LogP contribution in [0, 0.1) is 17.0 Å². The first kappa shape index (κ1) is 14.2. The SMILES string of the molecule is COC(=O)C1CCCCN1c1nc(C)ccc1[N+](=O)[O-]. The molecule has 1 saturated heterocycles. The fraction of sp³-hybridized carbons (Fsp3) is 0.538. The number of ether oxygens (including phenoxy) is 1. The van der Waals surface area contributed by atoms with E-state index >= 15 is 0 Å². The summed E-state index contributed by atoms with van der Waals surface area (Å²) in [4.78, 5) is 28.5. The molecule has 2 heterocycles. The van der Waals surface area contributed by atoms with Crippen molar-refractivity contribution >= 4 is 17.5 Å². The van der Waals surface area contributed by atoms with Crippen LogP contribution in [0.2, 0.25) is 0 Å². The number of piperidine rings is 1. The van der Waals surface area contributed by atoms with Crippen LogP contribution in [0.4, 0.5) is 11.5 Å². The molecule has 0 spiro atoms. The Hall–Kier alpha value is -2.18. The molecule has 0 saturated carbocycles. The summed E-state index contributed by atoms with van der Waals surface area (Å²) in [7, 11) is 1.33. The number of rotatable bonds is 3. The summed E-state index contributed by atoms with van der Waals surface area (Å²) >= 11 is 0. The Morgan fingerprint density at radius 3 is 2.90 bits per heavy atom. The van der Waals surface area contributed by atoms with Crippen LogP contribution in [-0.2, 0) is 9.53 Å². The number of aryl methyl sites for hydroxylation is 1. The fourth-order valence-corrected chi connectivity index (χ4v) is 2.46. The third-order valence-corrected chi connectivity index (χ3v) is 3.44. The van der Waals surface area contributed by atoms with Gasteiger partial charge in [-0.05, 0) is 32.3 Å². The van der Waals surface area contributed by atoms with Crippen LogP contribution in [0.1, 0.15) is 25.0 Å². The number of nitrogens with zero attached hydrogens (tertiary/aromatic N) is 3. The Kier molecular flexibility index (Phi) is 4.16. The Morgan fingerprint density at radius 1 is 1.50 bits per heavy atom. The summed E-state index contributed by atoms with van der Waals surface area (Å²) in [6.07, 6.45) is 2.40. The summed E-state index contributed by atoms with van der Waals surface area (Å²) < 4.78 is 4.79. The Morgan fingerprint density at radius 2 is 2.25 bits per heavy atom. The lowest BCUT2D eigenvalue weighted by Gasteiger charge is -2.34. The summed E-state index contributed by atoms with van der Waals surface area (Å²) in [6.45, 7) is 2.33. The molecule has 1 unspecified atom stereocenters. The first-order valence-electron chi connectivity index (χ1n) is 6.51. The molecule has 1 fully saturated rings. The average molecular weight is 279 g/mol. The maximum absolute atomic E-state index is 11.9. The molecule has 1 atom stereocenters. The molecule has 7 nitrogen and oxygen atoms in total. The molecule has 1 aliphatic heterocycles. The van der Waals surface area contributed by atoms with Crippen molar-refractivity contribution < 1.29 is 14.5 Å². The highest BCUT2D eigenvalue weighted by atomic mass is 16.6. The number of esters is 1. The van der Waals surface area contributed by atoms with Crippen LogP contribution in [0.3, 0.4) is 0 Å². The number of methoxy groups -OCH3 is 1. The molecule has 0 radical (unpaired) electrons. The highest BCUT2D eigenvalue weighted by Crippen LogP contribution is 2.31. The number of pyridine rings is 1. The molecule has 0 bridgehead atoms. The highest BCUT2D eigenvalue weighted by molar-refractivity contribution is 5.81. The first-order valence-corrected chi connectivity index (χ1v) is 6.51. The lowest BCUT2D eigenvalue weighted by molar-refractivity contribution is -0.384. The molecule has 2 rings (SSSR count). The zero-order valence-electron chi connectivity index (χ0n) is 11.5. The van der Waals surface area contributed by atoms with Gasteiger partial charge in [-0.25, -0.2) is 9.78 Å². The molecule has 0 amide bonds. The van der Waals surface area contributed by atoms with Crippen molar-refractivity contribution in [1.29, 1.82) is 0 Å². The van der Waals surface area contributed by atoms with Crippen molar-refractivity contribution in [2.75, 3.05) is 18.6 Å². The van der Waals surface area contributed by atoms with Crippen LogP contribution >= 0.6 is 0 Å². The predicted octanol–water partition coefficient (Wildman–Crippen LogP) is 1.83. The van der Waals surface area contributed by atoms with Crippen LogP contribution in [0.5, 0.6) is 0 Å². The minimum atomic E-state index is -0.498. The van der Waals surface area contributed by atoms with Gasteiger partial charge in [0.25, 0.3) is 0 Å². The smallest absolute Gasteiger partial charge is 0.328 e. The van der Waals surface area contributed by atoms with Crippen molar-refractivity contribution in [3.05, 3.63) is 27.9 Å². The van der Waals surface area contributed by atoms with Gasteiger partial charge in [-0.15, -0.1) is 0 Å². The lowest BCUT2D eigenvalue weighted by atomic mass is 10.0. The van der Waals surface area contributed by atoms with Gasteiger partial charge in [-0.1, -0.05) is 0 Å². The summed E-state index contributed by atoms with van der Waals surface area (Å²) in [5, 5.41) is 11.1. The van der Waals surface area contributed by atoms with E-state index in [9.17, 15) is 14.9 Å². The third kappa shape index (κ3) is 2.71. The van der Waals surface area contributed by atoms with Gasteiger partial charge in [-0.3, -0.25) is 10.1 Å². The van der Waals surface area contributed by atoms with Gasteiger partial charge >= 0.3 is 11.7 Å². The summed E-state index contributed by atoms with van der Waals surface area (Å²) in [5.74, 6) is -0.118. The van der Waals surface area contributed by atoms with Crippen molar-refractivity contribution in [1.82, 2.24) is 4.98 Å². The van der Waals surface area contributed by atoms with E-state index in [0.29, 0.717) is 18.7 Å². The topological polar surface area (TPSA) is 85.6 Å². The number of hydrogen-bond acceptors (Lipinski definition) is 6. The largest absolute Gasteiger partial charge is 0.467 e. The van der Waals surface area contributed by atoms with Gasteiger partial charge < -0.3 is 9.64 Å². The Balaban J connectivity index is 2.44. The fourth-order valence-electron chi connectivity index (χ4n) is 2.46. The molecule has 20 heavy (non-hydrogen) atoms. The number of carbonyl (C=O) groups excluding carboxylic acids is 1. The van der Waals surface area contributed by atoms with E-state index < -0.39 is 11.0 Å². The van der Waals surface area contributed by atoms with E-state index in [1.165, 1.54) is 13.2 Å². The van der Waals surface area contributed by atoms with Crippen LogP contribution in [0.15, 0.2) is 12.1 Å². The van der Waals surface area contributed by atoms with Gasteiger partial charge in [0, 0.05) is 18.3 Å². The maximum atomic E-state index is 11.9. The van der Waals surface area contributed by atoms with Crippen molar-refractivity contribution in [3.8, 4) is 0 Å². The molecule has 0 aliphatic carbocycles. The number of hydrogen-bond donors (Lipinski definition) is 0. The highest BCUT2D eigenvalue weighted by Gasteiger charge is 2.34. The minimum absolute atomic E-state index is 0.0774. The Labute approximate surface area is 116 Å².